The van der Waals surface area contributed by atoms with Crippen LogP contribution in [-0.4, -0.2) is 44.5 Å². The van der Waals surface area contributed by atoms with Gasteiger partial charge in [0.2, 0.25) is 0 Å². The van der Waals surface area contributed by atoms with Gasteiger partial charge in [0.1, 0.15) is 11.9 Å². The highest BCUT2D eigenvalue weighted by molar-refractivity contribution is 5.95. The maximum Gasteiger partial charge on any atom is 0.350 e. The molecule has 0 amide bonds. The summed E-state index contributed by atoms with van der Waals surface area (Å²) in [6.45, 7) is 0.490. The number of benzene rings is 2. The summed E-state index contributed by atoms with van der Waals surface area (Å²) in [4.78, 5) is 23.8. The summed E-state index contributed by atoms with van der Waals surface area (Å²) in [5, 5.41) is 15.5. The van der Waals surface area contributed by atoms with Gasteiger partial charge in [0.25, 0.3) is 5.95 Å². The molecule has 0 bridgehead atoms. The van der Waals surface area contributed by atoms with Crippen LogP contribution in [0.25, 0.3) is 5.95 Å². The largest absolute Gasteiger partial charge is 0.493 e. The molecule has 1 aliphatic heterocycles. The zero-order valence-electron chi connectivity index (χ0n) is 18.7. The maximum absolute atomic E-state index is 12.7. The molecule has 12 heteroatoms. The van der Waals surface area contributed by atoms with Gasteiger partial charge >= 0.3 is 5.69 Å². The van der Waals surface area contributed by atoms with Crippen LogP contribution in [0.5, 0.6) is 11.5 Å². The van der Waals surface area contributed by atoms with Crippen LogP contribution in [0.4, 0.5) is 5.69 Å². The van der Waals surface area contributed by atoms with Gasteiger partial charge in [0.05, 0.1) is 13.7 Å². The summed E-state index contributed by atoms with van der Waals surface area (Å²) in [6, 6.07) is 11.8. The molecule has 0 spiro atoms. The number of nitrogens with one attached hydrogen (secondary N) is 3. The molecule has 2 aromatic heterocycles. The fourth-order valence-corrected chi connectivity index (χ4v) is 3.75. The lowest BCUT2D eigenvalue weighted by atomic mass is 10.0. The number of aromatic nitrogens is 5. The number of anilines is 1. The molecule has 0 saturated heterocycles. The zero-order chi connectivity index (χ0) is 24.4. The van der Waals surface area contributed by atoms with E-state index in [0.29, 0.717) is 29.5 Å². The van der Waals surface area contributed by atoms with Gasteiger partial charge in [-0.1, -0.05) is 0 Å². The van der Waals surface area contributed by atoms with Gasteiger partial charge in [0.15, 0.2) is 24.1 Å². The number of nitrogens with two attached hydrogens (primary N) is 1. The third-order valence-corrected chi connectivity index (χ3v) is 5.41. The fourth-order valence-electron chi connectivity index (χ4n) is 3.75. The van der Waals surface area contributed by atoms with E-state index in [9.17, 15) is 4.79 Å². The van der Waals surface area contributed by atoms with Crippen LogP contribution < -0.4 is 26.2 Å². The molecule has 1 atom stereocenters. The molecular formula is C23H22N8O4. The molecule has 35 heavy (non-hydrogen) atoms. The Hall–Kier alpha value is -4.71. The van der Waals surface area contributed by atoms with Gasteiger partial charge < -0.3 is 25.3 Å². The van der Waals surface area contributed by atoms with Gasteiger partial charge in [0, 0.05) is 29.2 Å². The Balaban J connectivity index is 1.60. The van der Waals surface area contributed by atoms with Crippen LogP contribution in [0.1, 0.15) is 28.6 Å². The number of hydrogen-bond donors (Lipinski definition) is 4. The third kappa shape index (κ3) is 4.42. The van der Waals surface area contributed by atoms with Crippen LogP contribution in [-0.2, 0) is 11.3 Å². The fraction of sp³-hybridized carbons (Fsp3) is 0.174. The highest BCUT2D eigenvalue weighted by atomic mass is 16.7. The predicted molar refractivity (Wildman–Crippen MR) is 126 cm³/mol. The first-order chi connectivity index (χ1) is 17.0. The van der Waals surface area contributed by atoms with Gasteiger partial charge in [-0.05, 0) is 48.0 Å². The van der Waals surface area contributed by atoms with Crippen molar-refractivity contribution in [1.29, 1.82) is 5.41 Å². The molecule has 5 rings (SSSR count). The van der Waals surface area contributed by atoms with Crippen LogP contribution in [0, 0.1) is 5.41 Å². The number of aromatic amines is 1. The quantitative estimate of drug-likeness (QED) is 0.230. The van der Waals surface area contributed by atoms with Gasteiger partial charge in [-0.2, -0.15) is 0 Å². The topological polar surface area (TPSA) is 166 Å². The second-order valence-corrected chi connectivity index (χ2v) is 7.67. The van der Waals surface area contributed by atoms with E-state index < -0.39 is 11.7 Å². The molecule has 1 aliphatic rings. The van der Waals surface area contributed by atoms with Crippen LogP contribution in [0.2, 0.25) is 0 Å². The van der Waals surface area contributed by atoms with Crippen molar-refractivity contribution in [3.63, 3.8) is 0 Å². The molecule has 3 heterocycles. The summed E-state index contributed by atoms with van der Waals surface area (Å²) >= 11 is 0. The maximum atomic E-state index is 12.7. The minimum absolute atomic E-state index is 0.0292. The number of nitrogen functional groups attached to an aromatic ring is 1. The minimum Gasteiger partial charge on any atom is -0.493 e. The Morgan fingerprint density at radius 3 is 2.74 bits per heavy atom. The van der Waals surface area contributed by atoms with E-state index in [1.807, 2.05) is 12.1 Å². The normalized spacial score (nSPS) is 13.4. The Labute approximate surface area is 199 Å². The summed E-state index contributed by atoms with van der Waals surface area (Å²) in [6.07, 6.45) is 3.06. The molecule has 0 saturated carbocycles. The Bertz CT molecular complexity index is 1400. The third-order valence-electron chi connectivity index (χ3n) is 5.41. The first-order valence-electron chi connectivity index (χ1n) is 10.6. The first-order valence-corrected chi connectivity index (χ1v) is 10.6. The summed E-state index contributed by atoms with van der Waals surface area (Å²) in [5.74, 6) is 1.60. The first kappa shape index (κ1) is 22.1. The molecule has 0 aliphatic carbocycles. The van der Waals surface area contributed by atoms with Gasteiger partial charge in [-0.3, -0.25) is 10.4 Å². The molecule has 0 unspecified atom stereocenters. The van der Waals surface area contributed by atoms with Crippen LogP contribution in [0.3, 0.4) is 0 Å². The number of rotatable bonds is 7. The van der Waals surface area contributed by atoms with Gasteiger partial charge in [-0.15, -0.1) is 9.78 Å². The van der Waals surface area contributed by atoms with E-state index in [0.717, 1.165) is 21.5 Å². The molecule has 178 valence electrons. The molecule has 4 aromatic rings. The van der Waals surface area contributed by atoms with Crippen molar-refractivity contribution in [3.8, 4) is 17.4 Å². The second kappa shape index (κ2) is 9.27. The number of hydrogen-bond acceptors (Lipinski definition) is 9. The number of methoxy groups -OCH3 is 1. The van der Waals surface area contributed by atoms with Crippen molar-refractivity contribution < 1.29 is 14.2 Å². The predicted octanol–water partition coefficient (Wildman–Crippen LogP) is 1.71. The van der Waals surface area contributed by atoms with Crippen molar-refractivity contribution in [1.82, 2.24) is 24.7 Å². The minimum atomic E-state index is -0.600. The summed E-state index contributed by atoms with van der Waals surface area (Å²) in [5.41, 5.74) is 7.96. The van der Waals surface area contributed by atoms with Gasteiger partial charge in [-0.25, -0.2) is 14.8 Å². The summed E-state index contributed by atoms with van der Waals surface area (Å²) in [7, 11) is 1.56. The number of fused-ring (bicyclic) bond motifs is 1. The monoisotopic (exact) mass is 474 g/mol. The number of nitrogens with zero attached hydrogens (tertiary/aromatic N) is 4. The Morgan fingerprint density at radius 2 is 2.03 bits per heavy atom. The van der Waals surface area contributed by atoms with E-state index in [1.165, 1.54) is 12.4 Å². The number of ether oxygens (including phenoxy) is 3. The van der Waals surface area contributed by atoms with Crippen LogP contribution in [0.15, 0.2) is 59.7 Å². The number of H-pyrrole nitrogens is 1. The lowest BCUT2D eigenvalue weighted by Crippen LogP contribution is -2.18. The summed E-state index contributed by atoms with van der Waals surface area (Å²) < 4.78 is 17.7. The lowest BCUT2D eigenvalue weighted by molar-refractivity contribution is -0.0180. The molecule has 12 nitrogen and oxygen atoms in total. The van der Waals surface area contributed by atoms with E-state index in [1.54, 1.807) is 37.4 Å². The molecule has 0 fully saturated rings. The van der Waals surface area contributed by atoms with Crippen molar-refractivity contribution >= 4 is 11.5 Å². The highest BCUT2D eigenvalue weighted by Crippen LogP contribution is 2.38. The number of amidine groups is 1. The lowest BCUT2D eigenvalue weighted by Gasteiger charge is -2.24. The Kier molecular flexibility index (Phi) is 5.85. The molecule has 5 N–H and O–H groups in total. The average Bonchev–Trinajstić information content (AvgIpc) is 3.28. The smallest absolute Gasteiger partial charge is 0.350 e. The molecule has 2 aromatic carbocycles. The van der Waals surface area contributed by atoms with Crippen molar-refractivity contribution in [3.05, 3.63) is 87.9 Å². The zero-order valence-corrected chi connectivity index (χ0v) is 18.7. The van der Waals surface area contributed by atoms with E-state index in [4.69, 9.17) is 25.4 Å². The van der Waals surface area contributed by atoms with E-state index in [-0.39, 0.29) is 18.6 Å². The highest BCUT2D eigenvalue weighted by Gasteiger charge is 2.25. The van der Waals surface area contributed by atoms with Crippen molar-refractivity contribution in [2.45, 2.75) is 12.6 Å². The SMILES string of the molecule is COc1cc([C@H](Nc2ccc(C(=N)N)cc2)c2nn(-c3ncccn3)c(=O)[nH]2)cc2c1OCOC2. The van der Waals surface area contributed by atoms with Crippen molar-refractivity contribution in [2.75, 3.05) is 19.2 Å². The average molecular weight is 474 g/mol. The standard InChI is InChI=1S/C23H22N8O4/c1-33-17-10-14(9-15-11-34-12-35-19(15)17)18(28-16-5-3-13(4-6-16)20(24)25)21-29-23(32)31(30-21)22-26-7-2-8-27-22/h2-10,18,28H,11-12H2,1H3,(H3,24,25)(H,29,30,32)/t18-/m0/s1. The van der Waals surface area contributed by atoms with E-state index >= 15 is 0 Å². The van der Waals surface area contributed by atoms with Crippen molar-refractivity contribution in [2.24, 2.45) is 5.73 Å². The van der Waals surface area contributed by atoms with Crippen LogP contribution >= 0.6 is 0 Å². The Morgan fingerprint density at radius 1 is 1.26 bits per heavy atom. The molecular weight excluding hydrogens is 452 g/mol. The van der Waals surface area contributed by atoms with E-state index in [2.05, 4.69) is 25.4 Å². The molecule has 0 radical (unpaired) electrons. The second-order valence-electron chi connectivity index (χ2n) is 7.67.